The lowest BCUT2D eigenvalue weighted by molar-refractivity contribution is -0.150. The summed E-state index contributed by atoms with van der Waals surface area (Å²) in [6, 6.07) is 11.1. The van der Waals surface area contributed by atoms with E-state index in [4.69, 9.17) is 9.15 Å². The second-order valence-electron chi connectivity index (χ2n) is 6.37. The summed E-state index contributed by atoms with van der Waals surface area (Å²) < 4.78 is 10.2. The minimum atomic E-state index is -0.423. The zero-order valence-corrected chi connectivity index (χ0v) is 16.4. The molecule has 0 unspecified atom stereocenters. The Balaban J connectivity index is 1.38. The van der Waals surface area contributed by atoms with Crippen LogP contribution in [-0.2, 0) is 14.3 Å². The van der Waals surface area contributed by atoms with Crippen molar-refractivity contribution in [1.82, 2.24) is 9.80 Å². The maximum absolute atomic E-state index is 12.3. The zero-order chi connectivity index (χ0) is 19.9. The minimum Gasteiger partial charge on any atom is -0.459 e. The Bertz CT molecular complexity index is 829. The number of hydrogen-bond acceptors (Lipinski definition) is 6. The Labute approximate surface area is 167 Å². The van der Waals surface area contributed by atoms with Gasteiger partial charge in [0.2, 0.25) is 0 Å². The van der Waals surface area contributed by atoms with Gasteiger partial charge in [-0.3, -0.25) is 14.4 Å². The molecule has 0 aliphatic carbocycles. The molecule has 0 saturated carbocycles. The lowest BCUT2D eigenvalue weighted by Crippen LogP contribution is -2.51. The van der Waals surface area contributed by atoms with E-state index in [1.54, 1.807) is 21.9 Å². The summed E-state index contributed by atoms with van der Waals surface area (Å²) in [6.45, 7) is 3.35. The Morgan fingerprint density at radius 3 is 2.43 bits per heavy atom. The summed E-state index contributed by atoms with van der Waals surface area (Å²) in [5, 5.41) is 0. The summed E-state index contributed by atoms with van der Waals surface area (Å²) >= 11 is 1.39. The summed E-state index contributed by atoms with van der Waals surface area (Å²) in [7, 11) is 0. The third kappa shape index (κ3) is 5.16. The molecule has 148 valence electrons. The highest BCUT2D eigenvalue weighted by Crippen LogP contribution is 2.21. The van der Waals surface area contributed by atoms with Crippen molar-refractivity contribution in [3.63, 3.8) is 0 Å². The molecular formula is C20H22N2O5S. The van der Waals surface area contributed by atoms with Crippen molar-refractivity contribution in [2.24, 2.45) is 0 Å². The molecule has 1 aliphatic heterocycles. The Morgan fingerprint density at radius 2 is 1.75 bits per heavy atom. The second kappa shape index (κ2) is 9.45. The van der Waals surface area contributed by atoms with Crippen LogP contribution in [0.15, 0.2) is 52.0 Å². The number of esters is 1. The average molecular weight is 402 g/mol. The number of hydrogen-bond donors (Lipinski definition) is 0. The molecule has 0 spiro atoms. The molecule has 8 heteroatoms. The summed E-state index contributed by atoms with van der Waals surface area (Å²) in [4.78, 5) is 40.7. The zero-order valence-electron chi connectivity index (χ0n) is 15.6. The molecule has 1 aliphatic rings. The first-order chi connectivity index (χ1) is 13.5. The van der Waals surface area contributed by atoms with Crippen LogP contribution in [0, 0.1) is 6.92 Å². The van der Waals surface area contributed by atoms with Crippen LogP contribution < -0.4 is 0 Å². The number of nitrogens with zero attached hydrogens (tertiary/aromatic N) is 2. The second-order valence-corrected chi connectivity index (χ2v) is 7.38. The SMILES string of the molecule is Cc1ccccc1SCC(=O)OCC(=O)N1CCN(C(=O)c2ccco2)CC1. The Hall–Kier alpha value is -2.74. The normalized spacial score (nSPS) is 14.0. The van der Waals surface area contributed by atoms with E-state index in [0.29, 0.717) is 31.9 Å². The van der Waals surface area contributed by atoms with Crippen LogP contribution >= 0.6 is 11.8 Å². The predicted octanol–water partition coefficient (Wildman–Crippen LogP) is 2.21. The maximum Gasteiger partial charge on any atom is 0.316 e. The van der Waals surface area contributed by atoms with Crippen molar-refractivity contribution in [2.75, 3.05) is 38.5 Å². The minimum absolute atomic E-state index is 0.156. The van der Waals surface area contributed by atoms with Gasteiger partial charge in [-0.05, 0) is 30.7 Å². The fourth-order valence-corrected chi connectivity index (χ4v) is 3.67. The first kappa shape index (κ1) is 20.0. The van der Waals surface area contributed by atoms with Crippen LogP contribution in [0.25, 0.3) is 0 Å². The highest BCUT2D eigenvalue weighted by molar-refractivity contribution is 8.00. The molecule has 0 radical (unpaired) electrons. The van der Waals surface area contributed by atoms with Gasteiger partial charge in [-0.1, -0.05) is 18.2 Å². The van der Waals surface area contributed by atoms with Crippen LogP contribution in [0.5, 0.6) is 0 Å². The standard InChI is InChI=1S/C20H22N2O5S/c1-15-5-2-3-7-17(15)28-14-19(24)27-13-18(23)21-8-10-22(11-9-21)20(25)16-6-4-12-26-16/h2-7,12H,8-11,13-14H2,1H3. The Morgan fingerprint density at radius 1 is 1.04 bits per heavy atom. The first-order valence-electron chi connectivity index (χ1n) is 8.99. The van der Waals surface area contributed by atoms with E-state index >= 15 is 0 Å². The molecule has 1 saturated heterocycles. The number of rotatable bonds is 6. The largest absolute Gasteiger partial charge is 0.459 e. The summed E-state index contributed by atoms with van der Waals surface area (Å²) in [6.07, 6.45) is 1.46. The van der Waals surface area contributed by atoms with Gasteiger partial charge in [0.15, 0.2) is 12.4 Å². The molecule has 1 fully saturated rings. The molecule has 0 N–H and O–H groups in total. The van der Waals surface area contributed by atoms with Gasteiger partial charge < -0.3 is 19.0 Å². The third-order valence-corrected chi connectivity index (χ3v) is 5.60. The summed E-state index contributed by atoms with van der Waals surface area (Å²) in [5.41, 5.74) is 1.10. The molecule has 2 heterocycles. The Kier molecular flexibility index (Phi) is 6.76. The van der Waals surface area contributed by atoms with E-state index in [2.05, 4.69) is 0 Å². The van der Waals surface area contributed by atoms with Crippen molar-refractivity contribution in [1.29, 1.82) is 0 Å². The van der Waals surface area contributed by atoms with E-state index in [1.165, 1.54) is 18.0 Å². The number of aryl methyl sites for hydroxylation is 1. The topological polar surface area (TPSA) is 80.1 Å². The fraction of sp³-hybridized carbons (Fsp3) is 0.350. The van der Waals surface area contributed by atoms with Gasteiger partial charge in [-0.25, -0.2) is 0 Å². The number of carbonyl (C=O) groups excluding carboxylic acids is 3. The molecule has 0 bridgehead atoms. The maximum atomic E-state index is 12.3. The van der Waals surface area contributed by atoms with Gasteiger partial charge in [0, 0.05) is 31.1 Å². The van der Waals surface area contributed by atoms with Crippen LogP contribution in [0.2, 0.25) is 0 Å². The number of amides is 2. The van der Waals surface area contributed by atoms with Gasteiger partial charge in [-0.15, -0.1) is 11.8 Å². The molecule has 28 heavy (non-hydrogen) atoms. The van der Waals surface area contributed by atoms with Crippen molar-refractivity contribution >= 4 is 29.5 Å². The fourth-order valence-electron chi connectivity index (χ4n) is 2.85. The van der Waals surface area contributed by atoms with E-state index in [-0.39, 0.29) is 24.2 Å². The van der Waals surface area contributed by atoms with E-state index < -0.39 is 5.97 Å². The quantitative estimate of drug-likeness (QED) is 0.544. The van der Waals surface area contributed by atoms with Gasteiger partial charge in [-0.2, -0.15) is 0 Å². The van der Waals surface area contributed by atoms with Crippen LogP contribution in [0.3, 0.4) is 0 Å². The molecule has 1 aromatic heterocycles. The monoisotopic (exact) mass is 402 g/mol. The highest BCUT2D eigenvalue weighted by atomic mass is 32.2. The predicted molar refractivity (Wildman–Crippen MR) is 104 cm³/mol. The number of thioether (sulfide) groups is 1. The van der Waals surface area contributed by atoms with Crippen molar-refractivity contribution < 1.29 is 23.5 Å². The van der Waals surface area contributed by atoms with E-state index in [9.17, 15) is 14.4 Å². The molecule has 1 aromatic carbocycles. The van der Waals surface area contributed by atoms with Crippen molar-refractivity contribution in [2.45, 2.75) is 11.8 Å². The number of ether oxygens (including phenoxy) is 1. The molecule has 7 nitrogen and oxygen atoms in total. The molecular weight excluding hydrogens is 380 g/mol. The number of piperazine rings is 1. The number of benzene rings is 1. The number of carbonyl (C=O) groups is 3. The molecule has 2 aromatic rings. The van der Waals surface area contributed by atoms with E-state index in [0.717, 1.165) is 10.5 Å². The van der Waals surface area contributed by atoms with Crippen LogP contribution in [0.4, 0.5) is 0 Å². The van der Waals surface area contributed by atoms with Crippen LogP contribution in [0.1, 0.15) is 16.1 Å². The van der Waals surface area contributed by atoms with Crippen molar-refractivity contribution in [3.05, 3.63) is 54.0 Å². The molecule has 3 rings (SSSR count). The van der Waals surface area contributed by atoms with Gasteiger partial charge >= 0.3 is 5.97 Å². The van der Waals surface area contributed by atoms with Gasteiger partial charge in [0.1, 0.15) is 0 Å². The highest BCUT2D eigenvalue weighted by Gasteiger charge is 2.26. The molecule has 2 amide bonds. The lowest BCUT2D eigenvalue weighted by Gasteiger charge is -2.34. The lowest BCUT2D eigenvalue weighted by atomic mass is 10.2. The average Bonchev–Trinajstić information content (AvgIpc) is 3.26. The van der Waals surface area contributed by atoms with Gasteiger partial charge in [0.05, 0.1) is 12.0 Å². The molecule has 0 atom stereocenters. The number of furan rings is 1. The van der Waals surface area contributed by atoms with E-state index in [1.807, 2.05) is 31.2 Å². The van der Waals surface area contributed by atoms with Gasteiger partial charge in [0.25, 0.3) is 11.8 Å². The smallest absolute Gasteiger partial charge is 0.316 e. The summed E-state index contributed by atoms with van der Waals surface area (Å²) in [5.74, 6) is -0.409. The first-order valence-corrected chi connectivity index (χ1v) is 9.98. The third-order valence-electron chi connectivity index (χ3n) is 4.45. The van der Waals surface area contributed by atoms with Crippen LogP contribution in [-0.4, -0.2) is 66.1 Å². The van der Waals surface area contributed by atoms with Crippen molar-refractivity contribution in [3.8, 4) is 0 Å².